The van der Waals surface area contributed by atoms with E-state index < -0.39 is 44.7 Å². The van der Waals surface area contributed by atoms with Crippen LogP contribution in [0.2, 0.25) is 18.6 Å². The summed E-state index contributed by atoms with van der Waals surface area (Å²) in [5, 5.41) is 53.0. The van der Waals surface area contributed by atoms with Crippen molar-refractivity contribution < 1.29 is 44.5 Å². The summed E-state index contributed by atoms with van der Waals surface area (Å²) in [5.41, 5.74) is 1.88. The first-order valence-electron chi connectivity index (χ1n) is 14.2. The van der Waals surface area contributed by atoms with Gasteiger partial charge < -0.3 is 45.1 Å². The summed E-state index contributed by atoms with van der Waals surface area (Å²) in [6.07, 6.45) is -6.16. The second-order valence-electron chi connectivity index (χ2n) is 11.7. The molecule has 0 spiro atoms. The minimum atomic E-state index is -1.96. The average molecular weight is 590 g/mol. The Morgan fingerprint density at radius 3 is 2.17 bits per heavy atom. The van der Waals surface area contributed by atoms with E-state index in [1.165, 1.54) is 5.19 Å². The number of carbonyl (C=O) groups excluding carboxylic acids is 1. The first kappa shape index (κ1) is 31.6. The van der Waals surface area contributed by atoms with Gasteiger partial charge in [-0.25, -0.2) is 0 Å². The predicted molar refractivity (Wildman–Crippen MR) is 156 cm³/mol. The lowest BCUT2D eigenvalue weighted by atomic mass is 9.95. The lowest BCUT2D eigenvalue weighted by molar-refractivity contribution is -0.274. The van der Waals surface area contributed by atoms with Crippen molar-refractivity contribution in [1.29, 1.82) is 0 Å². The largest absolute Gasteiger partial charge is 0.497 e. The number of aliphatic hydroxyl groups is 5. The van der Waals surface area contributed by atoms with Gasteiger partial charge >= 0.3 is 0 Å². The minimum absolute atomic E-state index is 0.00290. The van der Waals surface area contributed by atoms with Crippen molar-refractivity contribution in [3.63, 3.8) is 0 Å². The van der Waals surface area contributed by atoms with Gasteiger partial charge in [0.15, 0.2) is 12.4 Å². The van der Waals surface area contributed by atoms with E-state index in [2.05, 4.69) is 37.5 Å². The fraction of sp³-hybridized carbons (Fsp3) is 0.567. The van der Waals surface area contributed by atoms with E-state index in [9.17, 15) is 30.3 Å². The second kappa shape index (κ2) is 13.3. The topological polar surface area (TPSA) is 158 Å². The molecule has 0 aromatic heterocycles. The molecular formula is C30H43NO9Si. The van der Waals surface area contributed by atoms with Crippen LogP contribution in [0.5, 0.6) is 5.75 Å². The molecule has 0 aliphatic carbocycles. The molecule has 4 rings (SSSR count). The molecule has 2 fully saturated rings. The third kappa shape index (κ3) is 6.84. The molecular weight excluding hydrogens is 546 g/mol. The maximum atomic E-state index is 12.6. The number of ether oxygens (including phenoxy) is 3. The molecule has 10 nitrogen and oxygen atoms in total. The molecule has 0 radical (unpaired) electrons. The average Bonchev–Trinajstić information content (AvgIpc) is 3.28. The van der Waals surface area contributed by atoms with Crippen LogP contribution >= 0.6 is 0 Å². The van der Waals surface area contributed by atoms with Crippen LogP contribution in [0, 0.1) is 5.92 Å². The van der Waals surface area contributed by atoms with Gasteiger partial charge in [-0.2, -0.15) is 0 Å². The molecule has 2 aliphatic heterocycles. The summed E-state index contributed by atoms with van der Waals surface area (Å²) in [6.45, 7) is 7.10. The van der Waals surface area contributed by atoms with Crippen molar-refractivity contribution in [2.45, 2.75) is 87.7 Å². The van der Waals surface area contributed by atoms with Crippen LogP contribution < -0.4 is 15.2 Å². The summed E-state index contributed by atoms with van der Waals surface area (Å²) in [6, 6.07) is 15.6. The van der Waals surface area contributed by atoms with E-state index in [1.807, 2.05) is 24.3 Å². The summed E-state index contributed by atoms with van der Waals surface area (Å²) >= 11 is 0. The number of aryl methyl sites for hydroxylation is 1. The zero-order valence-electron chi connectivity index (χ0n) is 24.0. The number of rotatable bonds is 10. The number of carbonyl (C=O) groups is 1. The number of aliphatic hydroxyl groups excluding tert-OH is 5. The van der Waals surface area contributed by atoms with E-state index in [0.717, 1.165) is 24.2 Å². The van der Waals surface area contributed by atoms with Crippen LogP contribution in [0.15, 0.2) is 48.5 Å². The molecule has 9 atom stereocenters. The van der Waals surface area contributed by atoms with Crippen molar-refractivity contribution in [3.8, 4) is 5.75 Å². The highest BCUT2D eigenvalue weighted by Crippen LogP contribution is 2.46. The van der Waals surface area contributed by atoms with Gasteiger partial charge in [-0.3, -0.25) is 4.79 Å². The zero-order chi connectivity index (χ0) is 29.9. The molecule has 1 amide bonds. The number of hydrogen-bond acceptors (Lipinski definition) is 9. The fourth-order valence-corrected chi connectivity index (χ4v) is 10.5. The van der Waals surface area contributed by atoms with Crippen molar-refractivity contribution in [1.82, 2.24) is 0 Å². The van der Waals surface area contributed by atoms with Gasteiger partial charge in [0.05, 0.1) is 27.4 Å². The maximum absolute atomic E-state index is 12.6. The standard InChI is InChI=1S/C30H43NO9Si/c1-17-22(39-23(15-16-32)28(17)41(3,4)21-12-10-20(38-2)11-13-21)14-7-18-5-8-19(9-6-18)31-29(36)27-25(34)24(33)26(35)30(37)40-27/h5-6,8-13,17,22-28,30,32-35,37H,7,14-16H2,1-4H3,(H,31,36)/t17-,22+,23-,24-,25-,26+,27-,28+,30+/m0/s1. The number of benzene rings is 2. The third-order valence-corrected chi connectivity index (χ3v) is 13.2. The van der Waals surface area contributed by atoms with Gasteiger partial charge in [0, 0.05) is 12.3 Å². The van der Waals surface area contributed by atoms with Gasteiger partial charge in [-0.1, -0.05) is 49.5 Å². The highest BCUT2D eigenvalue weighted by molar-refractivity contribution is 6.91. The van der Waals surface area contributed by atoms with E-state index in [1.54, 1.807) is 19.2 Å². The Morgan fingerprint density at radius 2 is 1.56 bits per heavy atom. The minimum Gasteiger partial charge on any atom is -0.497 e. The molecule has 41 heavy (non-hydrogen) atoms. The molecule has 0 unspecified atom stereocenters. The van der Waals surface area contributed by atoms with Crippen molar-refractivity contribution in [2.75, 3.05) is 19.0 Å². The fourth-order valence-electron chi connectivity index (χ4n) is 6.40. The van der Waals surface area contributed by atoms with Gasteiger partial charge in [-0.15, -0.1) is 0 Å². The Morgan fingerprint density at radius 1 is 0.902 bits per heavy atom. The highest BCUT2D eigenvalue weighted by Gasteiger charge is 2.50. The normalized spacial score (nSPS) is 32.1. The number of methoxy groups -OCH3 is 1. The molecule has 2 heterocycles. The highest BCUT2D eigenvalue weighted by atomic mass is 28.3. The lowest BCUT2D eigenvalue weighted by Gasteiger charge is -2.37. The smallest absolute Gasteiger partial charge is 0.256 e. The molecule has 2 aromatic carbocycles. The Balaban J connectivity index is 1.37. The molecule has 226 valence electrons. The van der Waals surface area contributed by atoms with E-state index in [0.29, 0.717) is 23.6 Å². The van der Waals surface area contributed by atoms with Crippen LogP contribution in [-0.2, 0) is 20.7 Å². The van der Waals surface area contributed by atoms with Gasteiger partial charge in [0.25, 0.3) is 5.91 Å². The summed E-state index contributed by atoms with van der Waals surface area (Å²) < 4.78 is 16.9. The Labute approximate surface area is 241 Å². The number of hydrogen-bond donors (Lipinski definition) is 6. The summed E-state index contributed by atoms with van der Waals surface area (Å²) in [4.78, 5) is 12.6. The van der Waals surface area contributed by atoms with Crippen molar-refractivity contribution in [3.05, 3.63) is 54.1 Å². The Kier molecular flexibility index (Phi) is 10.2. The Hall–Kier alpha value is -2.35. The molecule has 0 bridgehead atoms. The Bertz CT molecular complexity index is 1150. The molecule has 2 aliphatic rings. The third-order valence-electron chi connectivity index (χ3n) is 8.77. The molecule has 2 saturated heterocycles. The van der Waals surface area contributed by atoms with E-state index in [-0.39, 0.29) is 18.8 Å². The molecule has 0 saturated carbocycles. The number of nitrogens with one attached hydrogen (secondary N) is 1. The van der Waals surface area contributed by atoms with Gasteiger partial charge in [0.2, 0.25) is 0 Å². The van der Waals surface area contributed by atoms with Crippen LogP contribution in [0.1, 0.15) is 25.3 Å². The van der Waals surface area contributed by atoms with Crippen molar-refractivity contribution >= 4 is 24.9 Å². The molecule has 6 N–H and O–H groups in total. The first-order chi connectivity index (χ1) is 19.5. The maximum Gasteiger partial charge on any atom is 0.256 e. The summed E-state index contributed by atoms with van der Waals surface area (Å²) in [7, 11) is -0.291. The van der Waals surface area contributed by atoms with Crippen LogP contribution in [-0.4, -0.2) is 96.1 Å². The van der Waals surface area contributed by atoms with Gasteiger partial charge in [0.1, 0.15) is 24.1 Å². The number of anilines is 1. The summed E-state index contributed by atoms with van der Waals surface area (Å²) in [5.74, 6) is 0.412. The van der Waals surface area contributed by atoms with E-state index in [4.69, 9.17) is 14.2 Å². The second-order valence-corrected chi connectivity index (χ2v) is 16.4. The number of amides is 1. The zero-order valence-corrected chi connectivity index (χ0v) is 25.0. The van der Waals surface area contributed by atoms with Gasteiger partial charge in [-0.05, 0) is 60.6 Å². The molecule has 11 heteroatoms. The van der Waals surface area contributed by atoms with Crippen LogP contribution in [0.4, 0.5) is 5.69 Å². The van der Waals surface area contributed by atoms with Crippen molar-refractivity contribution in [2.24, 2.45) is 5.92 Å². The first-order valence-corrected chi connectivity index (χ1v) is 17.2. The van der Waals surface area contributed by atoms with Crippen LogP contribution in [0.25, 0.3) is 0 Å². The molecule has 2 aromatic rings. The SMILES string of the molecule is COc1ccc([Si](C)(C)[C@@H]2[C@@H](C)[C@@H](CCc3ccc(NC(=O)[C@H]4O[C@@H](O)[C@H](O)[C@@H](O)[C@@H]4O)cc3)O[C@H]2CCO)cc1. The predicted octanol–water partition coefficient (Wildman–Crippen LogP) is 1.14. The monoisotopic (exact) mass is 589 g/mol. The van der Waals surface area contributed by atoms with E-state index >= 15 is 0 Å². The van der Waals surface area contributed by atoms with Crippen LogP contribution in [0.3, 0.4) is 0 Å². The lowest BCUT2D eigenvalue weighted by Crippen LogP contribution is -2.60. The quantitative estimate of drug-likeness (QED) is 0.224.